The lowest BCUT2D eigenvalue weighted by Crippen LogP contribution is -2.29. The molecule has 0 saturated heterocycles. The van der Waals surface area contributed by atoms with Gasteiger partial charge < -0.3 is 4.90 Å². The number of nitrogens with zero attached hydrogens (tertiary/aromatic N) is 1. The van der Waals surface area contributed by atoms with E-state index in [-0.39, 0.29) is 10.8 Å². The summed E-state index contributed by atoms with van der Waals surface area (Å²) in [5.41, 5.74) is 1.14. The molecule has 0 radical (unpaired) electrons. The van der Waals surface area contributed by atoms with Crippen molar-refractivity contribution in [1.82, 2.24) is 4.90 Å². The number of halogens is 1. The summed E-state index contributed by atoms with van der Waals surface area (Å²) < 4.78 is 22.4. The maximum Gasteiger partial charge on any atom is 0.261 e. The van der Waals surface area contributed by atoms with Crippen molar-refractivity contribution in [2.24, 2.45) is 0 Å². The van der Waals surface area contributed by atoms with Gasteiger partial charge in [-0.1, -0.05) is 0 Å². The quantitative estimate of drug-likeness (QED) is 0.801. The van der Waals surface area contributed by atoms with Gasteiger partial charge in [-0.2, -0.15) is 0 Å². The second kappa shape index (κ2) is 4.55. The third kappa shape index (κ3) is 2.67. The largest absolute Gasteiger partial charge is 0.339 e. The zero-order valence-electron chi connectivity index (χ0n) is 10.2. The average Bonchev–Trinajstić information content (AvgIpc) is 3.09. The van der Waals surface area contributed by atoms with E-state index in [9.17, 15) is 13.2 Å². The van der Waals surface area contributed by atoms with Crippen LogP contribution in [0, 0.1) is 6.92 Å². The van der Waals surface area contributed by atoms with Crippen LogP contribution in [0.1, 0.15) is 28.8 Å². The number of benzene rings is 1. The summed E-state index contributed by atoms with van der Waals surface area (Å²) >= 11 is 0. The minimum atomic E-state index is -3.74. The Morgan fingerprint density at radius 2 is 2.00 bits per heavy atom. The topological polar surface area (TPSA) is 54.5 Å². The SMILES string of the molecule is Cc1cc(S(=O)(=O)Cl)ccc1C(=O)N(C)C1CC1. The third-order valence-electron chi connectivity index (χ3n) is 3.12. The number of hydrogen-bond acceptors (Lipinski definition) is 3. The van der Waals surface area contributed by atoms with Gasteiger partial charge >= 0.3 is 0 Å². The highest BCUT2D eigenvalue weighted by Gasteiger charge is 2.30. The van der Waals surface area contributed by atoms with Crippen LogP contribution in [0.25, 0.3) is 0 Å². The molecule has 0 aliphatic heterocycles. The molecule has 1 aliphatic rings. The van der Waals surface area contributed by atoms with Crippen LogP contribution < -0.4 is 0 Å². The van der Waals surface area contributed by atoms with Gasteiger partial charge in [0.25, 0.3) is 15.0 Å². The Labute approximate surface area is 111 Å². The van der Waals surface area contributed by atoms with E-state index in [1.54, 1.807) is 18.9 Å². The molecule has 1 aliphatic carbocycles. The van der Waals surface area contributed by atoms with Gasteiger partial charge in [0.1, 0.15) is 0 Å². The lowest BCUT2D eigenvalue weighted by Gasteiger charge is -2.17. The summed E-state index contributed by atoms with van der Waals surface area (Å²) in [7, 11) is 3.29. The van der Waals surface area contributed by atoms with Crippen molar-refractivity contribution < 1.29 is 13.2 Å². The number of carbonyl (C=O) groups is 1. The summed E-state index contributed by atoms with van der Waals surface area (Å²) in [4.78, 5) is 13.9. The Balaban J connectivity index is 2.32. The first-order valence-corrected chi connectivity index (χ1v) is 7.94. The number of hydrogen-bond donors (Lipinski definition) is 0. The van der Waals surface area contributed by atoms with Gasteiger partial charge in [-0.25, -0.2) is 8.42 Å². The molecule has 0 atom stereocenters. The minimum absolute atomic E-state index is 0.0206. The van der Waals surface area contributed by atoms with Crippen LogP contribution in [0.5, 0.6) is 0 Å². The minimum Gasteiger partial charge on any atom is -0.339 e. The monoisotopic (exact) mass is 287 g/mol. The van der Waals surface area contributed by atoms with Gasteiger partial charge in [0.2, 0.25) is 0 Å². The zero-order chi connectivity index (χ0) is 13.5. The predicted molar refractivity (Wildman–Crippen MR) is 69.3 cm³/mol. The van der Waals surface area contributed by atoms with Gasteiger partial charge in [0.15, 0.2) is 0 Å². The second-order valence-corrected chi connectivity index (χ2v) is 7.13. The fourth-order valence-electron chi connectivity index (χ4n) is 1.85. The molecule has 0 spiro atoms. The molecule has 98 valence electrons. The van der Waals surface area contributed by atoms with E-state index in [2.05, 4.69) is 0 Å². The van der Waals surface area contributed by atoms with Crippen LogP contribution in [-0.4, -0.2) is 32.3 Å². The molecule has 1 amide bonds. The second-order valence-electron chi connectivity index (χ2n) is 4.56. The lowest BCUT2D eigenvalue weighted by molar-refractivity contribution is 0.0784. The molecule has 1 fully saturated rings. The summed E-state index contributed by atoms with van der Waals surface area (Å²) in [6, 6.07) is 4.64. The summed E-state index contributed by atoms with van der Waals surface area (Å²) in [6.45, 7) is 1.71. The molecule has 18 heavy (non-hydrogen) atoms. The predicted octanol–water partition coefficient (Wildman–Crippen LogP) is 2.16. The molecule has 2 rings (SSSR count). The van der Waals surface area contributed by atoms with Crippen molar-refractivity contribution in [2.45, 2.75) is 30.7 Å². The first-order valence-electron chi connectivity index (χ1n) is 5.63. The van der Waals surface area contributed by atoms with Crippen LogP contribution in [0.4, 0.5) is 0 Å². The van der Waals surface area contributed by atoms with Crippen LogP contribution in [0.3, 0.4) is 0 Å². The van der Waals surface area contributed by atoms with Gasteiger partial charge in [-0.15, -0.1) is 0 Å². The van der Waals surface area contributed by atoms with Gasteiger partial charge in [0.05, 0.1) is 4.90 Å². The van der Waals surface area contributed by atoms with Gasteiger partial charge in [0, 0.05) is 29.3 Å². The van der Waals surface area contributed by atoms with Crippen molar-refractivity contribution in [3.8, 4) is 0 Å². The number of carbonyl (C=O) groups excluding carboxylic acids is 1. The Morgan fingerprint density at radius 1 is 1.39 bits per heavy atom. The molecule has 0 heterocycles. The van der Waals surface area contributed by atoms with Crippen molar-refractivity contribution in [3.63, 3.8) is 0 Å². The normalized spacial score (nSPS) is 15.5. The average molecular weight is 288 g/mol. The first kappa shape index (κ1) is 13.4. The number of aryl methyl sites for hydroxylation is 1. The van der Waals surface area contributed by atoms with Crippen LogP contribution >= 0.6 is 10.7 Å². The van der Waals surface area contributed by atoms with Crippen molar-refractivity contribution in [2.75, 3.05) is 7.05 Å². The highest BCUT2D eigenvalue weighted by molar-refractivity contribution is 8.13. The molecule has 0 bridgehead atoms. The molecule has 1 saturated carbocycles. The molecule has 1 aromatic rings. The number of amides is 1. The van der Waals surface area contributed by atoms with E-state index in [0.29, 0.717) is 17.2 Å². The molecule has 6 heteroatoms. The molecule has 4 nitrogen and oxygen atoms in total. The van der Waals surface area contributed by atoms with E-state index in [1.807, 2.05) is 0 Å². The van der Waals surface area contributed by atoms with Gasteiger partial charge in [-0.05, 0) is 43.5 Å². The van der Waals surface area contributed by atoms with E-state index in [4.69, 9.17) is 10.7 Å². The van der Waals surface area contributed by atoms with Crippen LogP contribution in [0.15, 0.2) is 23.1 Å². The Bertz CT molecular complexity index is 593. The van der Waals surface area contributed by atoms with E-state index in [0.717, 1.165) is 12.8 Å². The van der Waals surface area contributed by atoms with Crippen molar-refractivity contribution in [1.29, 1.82) is 0 Å². The van der Waals surface area contributed by atoms with Crippen LogP contribution in [-0.2, 0) is 9.05 Å². The van der Waals surface area contributed by atoms with Crippen molar-refractivity contribution >= 4 is 25.6 Å². The molecule has 0 unspecified atom stereocenters. The summed E-state index contributed by atoms with van der Waals surface area (Å²) in [5, 5.41) is 0. The van der Waals surface area contributed by atoms with Gasteiger partial charge in [-0.3, -0.25) is 4.79 Å². The summed E-state index contributed by atoms with van der Waals surface area (Å²) in [5.74, 6) is -0.0754. The standard InChI is InChI=1S/C12H14ClNO3S/c1-8-7-10(18(13,16)17)5-6-11(8)12(15)14(2)9-3-4-9/h5-7,9H,3-4H2,1-2H3. The molecule has 0 aromatic heterocycles. The lowest BCUT2D eigenvalue weighted by atomic mass is 10.1. The zero-order valence-corrected chi connectivity index (χ0v) is 11.8. The Hall–Kier alpha value is -1.07. The highest BCUT2D eigenvalue weighted by atomic mass is 35.7. The smallest absolute Gasteiger partial charge is 0.261 e. The van der Waals surface area contributed by atoms with E-state index in [1.165, 1.54) is 18.2 Å². The molecule has 1 aromatic carbocycles. The van der Waals surface area contributed by atoms with Crippen molar-refractivity contribution in [3.05, 3.63) is 29.3 Å². The number of rotatable bonds is 3. The Morgan fingerprint density at radius 3 is 2.44 bits per heavy atom. The first-order chi connectivity index (χ1) is 8.30. The fraction of sp³-hybridized carbons (Fsp3) is 0.417. The summed E-state index contributed by atoms with van der Waals surface area (Å²) in [6.07, 6.45) is 2.07. The third-order valence-corrected chi connectivity index (χ3v) is 4.48. The highest BCUT2D eigenvalue weighted by Crippen LogP contribution is 2.28. The molecular formula is C12H14ClNO3S. The fourth-order valence-corrected chi connectivity index (χ4v) is 2.68. The Kier molecular flexibility index (Phi) is 3.38. The van der Waals surface area contributed by atoms with Crippen LogP contribution in [0.2, 0.25) is 0 Å². The van der Waals surface area contributed by atoms with E-state index < -0.39 is 9.05 Å². The van der Waals surface area contributed by atoms with E-state index >= 15 is 0 Å². The molecular weight excluding hydrogens is 274 g/mol. The molecule has 0 N–H and O–H groups in total. The maximum absolute atomic E-state index is 12.2. The maximum atomic E-state index is 12.2.